The van der Waals surface area contributed by atoms with Crippen LogP contribution in [0.4, 0.5) is 9.59 Å². The maximum Gasteiger partial charge on any atom is 0.410 e. The van der Waals surface area contributed by atoms with E-state index in [4.69, 9.17) is 18.9 Å². The summed E-state index contributed by atoms with van der Waals surface area (Å²) < 4.78 is 25.0. The Bertz CT molecular complexity index is 1720. The summed E-state index contributed by atoms with van der Waals surface area (Å²) in [6.07, 6.45) is 0.0762. The van der Waals surface area contributed by atoms with E-state index in [-0.39, 0.29) is 37.6 Å². The molecule has 13 heteroatoms. The Labute approximate surface area is 324 Å². The number of benzene rings is 2. The fourth-order valence-electron chi connectivity index (χ4n) is 5.53. The summed E-state index contributed by atoms with van der Waals surface area (Å²) in [4.78, 5) is 54.9. The van der Waals surface area contributed by atoms with E-state index in [2.05, 4.69) is 75.3 Å². The van der Waals surface area contributed by atoms with Gasteiger partial charge in [0, 0.05) is 39.0 Å². The molecule has 0 fully saturated rings. The van der Waals surface area contributed by atoms with Crippen LogP contribution in [0.2, 0.25) is 43.8 Å². The number of amides is 2. The van der Waals surface area contributed by atoms with E-state index in [1.54, 1.807) is 20.8 Å². The van der Waals surface area contributed by atoms with Gasteiger partial charge in [-0.25, -0.2) is 19.2 Å². The number of para-hydroxylation sites is 1. The summed E-state index contributed by atoms with van der Waals surface area (Å²) in [7, 11) is -2.11. The molecule has 0 radical (unpaired) electrons. The molecule has 11 nitrogen and oxygen atoms in total. The van der Waals surface area contributed by atoms with Crippen LogP contribution >= 0.6 is 0 Å². The molecule has 0 saturated carbocycles. The topological polar surface area (TPSA) is 125 Å². The molecule has 3 aromatic rings. The molecule has 0 bridgehead atoms. The lowest BCUT2D eigenvalue weighted by atomic mass is 10.0. The van der Waals surface area contributed by atoms with Crippen molar-refractivity contribution in [3.8, 4) is 0 Å². The predicted molar refractivity (Wildman–Crippen MR) is 219 cm³/mol. The van der Waals surface area contributed by atoms with Gasteiger partial charge in [-0.1, -0.05) is 102 Å². The molecule has 0 aliphatic heterocycles. The van der Waals surface area contributed by atoms with Gasteiger partial charge in [0.25, 0.3) is 0 Å². The lowest BCUT2D eigenvalue weighted by Gasteiger charge is -2.38. The fraction of sp³-hybridized carbons (Fsp3) is 0.561. The van der Waals surface area contributed by atoms with E-state index >= 15 is 0 Å². The second-order valence-electron chi connectivity index (χ2n) is 17.7. The van der Waals surface area contributed by atoms with Crippen molar-refractivity contribution in [2.75, 3.05) is 20.2 Å². The molecule has 3 rings (SSSR count). The van der Waals surface area contributed by atoms with E-state index in [0.29, 0.717) is 6.42 Å². The largest absolute Gasteiger partial charge is 0.463 e. The first kappa shape index (κ1) is 44.3. The van der Waals surface area contributed by atoms with Crippen LogP contribution in [0, 0.1) is 0 Å². The highest BCUT2D eigenvalue weighted by atomic mass is 28.3. The number of hydrogen-bond acceptors (Lipinski definition) is 8. The Morgan fingerprint density at radius 2 is 1.48 bits per heavy atom. The van der Waals surface area contributed by atoms with Gasteiger partial charge in [0.1, 0.15) is 18.2 Å². The molecule has 0 spiro atoms. The highest BCUT2D eigenvalue weighted by molar-refractivity contribution is 6.79. The molecule has 0 aliphatic carbocycles. The van der Waals surface area contributed by atoms with Gasteiger partial charge in [0.05, 0.1) is 6.61 Å². The summed E-state index contributed by atoms with van der Waals surface area (Å²) in [5, 5.41) is 3.70. The molecule has 0 aliphatic rings. The monoisotopic (exact) mass is 781 g/mol. The highest BCUT2D eigenvalue weighted by Crippen LogP contribution is 2.40. The van der Waals surface area contributed by atoms with Crippen LogP contribution in [0.25, 0.3) is 10.9 Å². The van der Waals surface area contributed by atoms with Gasteiger partial charge in [0.15, 0.2) is 14.3 Å². The Hall–Kier alpha value is -4.11. The Balaban J connectivity index is 1.89. The number of esters is 2. The molecule has 298 valence electrons. The number of nitrogens with one attached hydrogen (secondary N) is 1. The second kappa shape index (κ2) is 18.5. The SMILES string of the molecule is CN(C(=O)OC(C)(C)C)[C@H](Cc1cn([Si](C)(C)C(C)(C)C)c2ccccc12)C(=O)O[C@@H](CCCNC(=O)OCc1ccccc1)C(=O)OCC[Si](C)(C)C. The Kier molecular flexibility index (Phi) is 15.2. The normalized spacial score (nSPS) is 13.5. The minimum atomic E-state index is -2.10. The number of rotatable bonds is 16. The molecule has 2 atom stereocenters. The predicted octanol–water partition coefficient (Wildman–Crippen LogP) is 8.77. The first-order valence-electron chi connectivity index (χ1n) is 18.9. The highest BCUT2D eigenvalue weighted by Gasteiger charge is 2.40. The zero-order valence-electron chi connectivity index (χ0n) is 34.5. The first-order valence-corrected chi connectivity index (χ1v) is 25.5. The van der Waals surface area contributed by atoms with Crippen molar-refractivity contribution in [1.29, 1.82) is 0 Å². The zero-order chi connectivity index (χ0) is 40.5. The lowest BCUT2D eigenvalue weighted by molar-refractivity contribution is -0.171. The molecule has 2 aromatic carbocycles. The molecule has 2 amide bonds. The van der Waals surface area contributed by atoms with Crippen molar-refractivity contribution >= 4 is 51.3 Å². The molecular weight excluding hydrogens is 719 g/mol. The van der Waals surface area contributed by atoms with Gasteiger partial charge >= 0.3 is 24.1 Å². The minimum Gasteiger partial charge on any atom is -0.463 e. The number of ether oxygens (including phenoxy) is 4. The van der Waals surface area contributed by atoms with Crippen LogP contribution < -0.4 is 5.32 Å². The third-order valence-electron chi connectivity index (χ3n) is 9.81. The van der Waals surface area contributed by atoms with Crippen LogP contribution in [0.3, 0.4) is 0 Å². The quantitative estimate of drug-likeness (QED) is 0.0662. The third kappa shape index (κ3) is 13.0. The van der Waals surface area contributed by atoms with E-state index < -0.39 is 58.2 Å². The van der Waals surface area contributed by atoms with Gasteiger partial charge in [-0.3, -0.25) is 4.90 Å². The van der Waals surface area contributed by atoms with Crippen LogP contribution in [0.15, 0.2) is 60.8 Å². The molecule has 1 aromatic heterocycles. The van der Waals surface area contributed by atoms with Crippen LogP contribution in [-0.4, -0.2) is 87.5 Å². The van der Waals surface area contributed by atoms with Crippen molar-refractivity contribution < 1.29 is 38.1 Å². The van der Waals surface area contributed by atoms with Gasteiger partial charge in [-0.2, -0.15) is 0 Å². The molecular formula is C41H63N3O8Si2. The second-order valence-corrected chi connectivity index (χ2v) is 28.4. The standard InChI is InChI=1S/C41H63N3O8Si2/c1-40(2,3)52-39(48)43(7)34(27-31-28-44(54(11,12)41(4,5)6)33-22-17-16-21-32(31)33)36(45)51-35(37(46)49-25-26-53(8,9)10)23-18-24-42-38(47)50-29-30-19-14-13-15-20-30/h13-17,19-22,28,34-35H,18,23-27,29H2,1-12H3,(H,42,47)/t34-,35+/m1/s1. The minimum absolute atomic E-state index is 0.0221. The number of carbonyl (C=O) groups is 4. The first-order chi connectivity index (χ1) is 25.0. The number of nitrogens with zero attached hydrogens (tertiary/aromatic N) is 2. The number of hydrogen-bond donors (Lipinski definition) is 1. The van der Waals surface area contributed by atoms with Crippen molar-refractivity contribution in [3.63, 3.8) is 0 Å². The van der Waals surface area contributed by atoms with E-state index in [9.17, 15) is 19.2 Å². The molecule has 0 saturated heterocycles. The molecule has 1 heterocycles. The zero-order valence-corrected chi connectivity index (χ0v) is 36.5. The molecule has 54 heavy (non-hydrogen) atoms. The summed E-state index contributed by atoms with van der Waals surface area (Å²) in [6.45, 7) is 23.7. The number of aromatic nitrogens is 1. The van der Waals surface area contributed by atoms with E-state index in [1.807, 2.05) is 48.5 Å². The summed E-state index contributed by atoms with van der Waals surface area (Å²) in [6, 6.07) is 17.0. The van der Waals surface area contributed by atoms with Gasteiger partial charge in [0.2, 0.25) is 0 Å². The lowest BCUT2D eigenvalue weighted by Crippen LogP contribution is -2.48. The maximum absolute atomic E-state index is 14.3. The number of likely N-dealkylation sites (N-methyl/N-ethyl adjacent to an activating group) is 1. The number of alkyl carbamates (subject to hydrolysis) is 1. The maximum atomic E-state index is 14.3. The average molecular weight is 782 g/mol. The Morgan fingerprint density at radius 3 is 2.09 bits per heavy atom. The fourth-order valence-corrected chi connectivity index (χ4v) is 8.24. The van der Waals surface area contributed by atoms with Gasteiger partial charge in [-0.15, -0.1) is 0 Å². The third-order valence-corrected chi connectivity index (χ3v) is 16.8. The van der Waals surface area contributed by atoms with Gasteiger partial charge in [-0.05, 0) is 68.1 Å². The van der Waals surface area contributed by atoms with E-state index in [1.165, 1.54) is 11.9 Å². The average Bonchev–Trinajstić information content (AvgIpc) is 3.44. The summed E-state index contributed by atoms with van der Waals surface area (Å²) in [5.74, 6) is -1.42. The van der Waals surface area contributed by atoms with Crippen molar-refractivity contribution in [3.05, 3.63) is 71.9 Å². The van der Waals surface area contributed by atoms with Crippen molar-refractivity contribution in [2.24, 2.45) is 0 Å². The van der Waals surface area contributed by atoms with E-state index in [0.717, 1.165) is 28.1 Å². The van der Waals surface area contributed by atoms with Crippen LogP contribution in [0.1, 0.15) is 65.5 Å². The summed E-state index contributed by atoms with van der Waals surface area (Å²) >= 11 is 0. The molecule has 1 N–H and O–H groups in total. The smallest absolute Gasteiger partial charge is 0.410 e. The summed E-state index contributed by atoms with van der Waals surface area (Å²) in [5.41, 5.74) is 1.98. The number of fused-ring (bicyclic) bond motifs is 1. The van der Waals surface area contributed by atoms with Crippen LogP contribution in [0.5, 0.6) is 0 Å². The van der Waals surface area contributed by atoms with Crippen molar-refractivity contribution in [1.82, 2.24) is 14.4 Å². The Morgan fingerprint density at radius 1 is 0.852 bits per heavy atom. The van der Waals surface area contributed by atoms with Gasteiger partial charge < -0.3 is 28.5 Å². The molecule has 0 unspecified atom stereocenters. The van der Waals surface area contributed by atoms with Crippen LogP contribution in [-0.2, 0) is 41.6 Å². The van der Waals surface area contributed by atoms with Crippen molar-refractivity contribution in [2.45, 2.75) is 129 Å². The number of carbonyl (C=O) groups excluding carboxylic acids is 4.